The molecule has 2 N–H and O–H groups in total. The van der Waals surface area contributed by atoms with Crippen molar-refractivity contribution in [2.45, 2.75) is 0 Å². The lowest BCUT2D eigenvalue weighted by molar-refractivity contribution is 0.112. The van der Waals surface area contributed by atoms with E-state index in [2.05, 4.69) is 15.9 Å². The maximum atomic E-state index is 10.5. The Hall–Kier alpha value is -1.03. The average molecular weight is 230 g/mol. The van der Waals surface area contributed by atoms with E-state index >= 15 is 0 Å². The maximum Gasteiger partial charge on any atom is 0.152 e. The van der Waals surface area contributed by atoms with Gasteiger partial charge in [0.2, 0.25) is 0 Å². The van der Waals surface area contributed by atoms with E-state index in [0.29, 0.717) is 27.8 Å². The van der Waals surface area contributed by atoms with Gasteiger partial charge in [-0.15, -0.1) is 0 Å². The summed E-state index contributed by atoms with van der Waals surface area (Å²) in [7, 11) is 1.53. The second-order valence-electron chi connectivity index (χ2n) is 2.23. The van der Waals surface area contributed by atoms with Gasteiger partial charge < -0.3 is 10.5 Å². The molecule has 64 valence electrons. The van der Waals surface area contributed by atoms with Crippen LogP contribution in [-0.2, 0) is 0 Å². The van der Waals surface area contributed by atoms with Crippen molar-refractivity contribution < 1.29 is 9.53 Å². The van der Waals surface area contributed by atoms with Crippen LogP contribution in [0.4, 0.5) is 5.69 Å². The Labute approximate surface area is 78.6 Å². The number of carbonyl (C=O) groups is 1. The predicted octanol–water partition coefficient (Wildman–Crippen LogP) is 1.85. The average Bonchev–Trinajstić information content (AvgIpc) is 2.09. The van der Waals surface area contributed by atoms with Crippen LogP contribution in [0.2, 0.25) is 0 Å². The Morgan fingerprint density at radius 3 is 2.75 bits per heavy atom. The first-order chi connectivity index (χ1) is 5.69. The molecule has 0 radical (unpaired) electrons. The monoisotopic (exact) mass is 229 g/mol. The van der Waals surface area contributed by atoms with Crippen molar-refractivity contribution in [2.75, 3.05) is 12.8 Å². The predicted molar refractivity (Wildman–Crippen MR) is 50.5 cm³/mol. The lowest BCUT2D eigenvalue weighted by Crippen LogP contribution is -1.95. The highest BCUT2D eigenvalue weighted by Gasteiger charge is 2.04. The van der Waals surface area contributed by atoms with Gasteiger partial charge in [-0.25, -0.2) is 0 Å². The first-order valence-electron chi connectivity index (χ1n) is 3.27. The van der Waals surface area contributed by atoms with Crippen LogP contribution in [0.3, 0.4) is 0 Å². The number of nitrogens with two attached hydrogens (primary N) is 1. The molecule has 0 atom stereocenters. The minimum absolute atomic E-state index is 0.432. The summed E-state index contributed by atoms with van der Waals surface area (Å²) >= 11 is 3.21. The summed E-state index contributed by atoms with van der Waals surface area (Å²) in [5.41, 5.74) is 6.45. The van der Waals surface area contributed by atoms with Crippen LogP contribution in [0, 0.1) is 0 Å². The first kappa shape index (κ1) is 9.06. The van der Waals surface area contributed by atoms with E-state index in [0.717, 1.165) is 0 Å². The Morgan fingerprint density at radius 1 is 1.58 bits per heavy atom. The molecule has 0 aliphatic heterocycles. The summed E-state index contributed by atoms with van der Waals surface area (Å²) in [5, 5.41) is 0. The normalized spacial score (nSPS) is 9.50. The molecule has 0 bridgehead atoms. The second-order valence-corrected chi connectivity index (χ2v) is 3.08. The molecule has 0 heterocycles. The Morgan fingerprint density at radius 2 is 2.25 bits per heavy atom. The second kappa shape index (κ2) is 3.58. The highest BCUT2D eigenvalue weighted by molar-refractivity contribution is 9.10. The summed E-state index contributed by atoms with van der Waals surface area (Å²) in [6, 6.07) is 3.30. The number of benzene rings is 1. The van der Waals surface area contributed by atoms with E-state index in [9.17, 15) is 4.79 Å². The molecule has 0 fully saturated rings. The number of anilines is 1. The number of methoxy groups -OCH3 is 1. The number of hydrogen-bond acceptors (Lipinski definition) is 3. The molecule has 1 aromatic rings. The van der Waals surface area contributed by atoms with Gasteiger partial charge in [-0.3, -0.25) is 4.79 Å². The van der Waals surface area contributed by atoms with Gasteiger partial charge in [0, 0.05) is 10.0 Å². The Bertz CT molecular complexity index is 312. The maximum absolute atomic E-state index is 10.5. The Balaban J connectivity index is 3.28. The number of rotatable bonds is 2. The minimum Gasteiger partial charge on any atom is -0.497 e. The molecule has 12 heavy (non-hydrogen) atoms. The standard InChI is InChI=1S/C8H8BrNO2/c1-12-6-2-5(4-11)8(10)7(9)3-6/h2-4H,10H2,1H3. The number of aldehydes is 1. The van der Waals surface area contributed by atoms with Crippen molar-refractivity contribution in [2.24, 2.45) is 0 Å². The lowest BCUT2D eigenvalue weighted by Gasteiger charge is -2.05. The van der Waals surface area contributed by atoms with Crippen LogP contribution in [-0.4, -0.2) is 13.4 Å². The summed E-state index contributed by atoms with van der Waals surface area (Å²) in [4.78, 5) is 10.5. The van der Waals surface area contributed by atoms with Gasteiger partial charge in [0.25, 0.3) is 0 Å². The topological polar surface area (TPSA) is 52.3 Å². The van der Waals surface area contributed by atoms with Crippen molar-refractivity contribution in [3.8, 4) is 5.75 Å². The van der Waals surface area contributed by atoms with Crippen LogP contribution in [0.1, 0.15) is 10.4 Å². The zero-order valence-corrected chi connectivity index (χ0v) is 8.09. The number of ether oxygens (including phenoxy) is 1. The van der Waals surface area contributed by atoms with Crippen LogP contribution in [0.25, 0.3) is 0 Å². The summed E-state index contributed by atoms with van der Waals surface area (Å²) in [6.45, 7) is 0. The molecule has 1 aromatic carbocycles. The fourth-order valence-corrected chi connectivity index (χ4v) is 1.28. The molecular formula is C8H8BrNO2. The molecule has 0 aliphatic carbocycles. The minimum atomic E-state index is 0.432. The van der Waals surface area contributed by atoms with Gasteiger partial charge >= 0.3 is 0 Å². The van der Waals surface area contributed by atoms with E-state index < -0.39 is 0 Å². The van der Waals surface area contributed by atoms with Crippen molar-refractivity contribution in [3.63, 3.8) is 0 Å². The van der Waals surface area contributed by atoms with Gasteiger partial charge in [0.05, 0.1) is 12.8 Å². The van der Waals surface area contributed by atoms with Crippen LogP contribution in [0.5, 0.6) is 5.75 Å². The third kappa shape index (κ3) is 1.58. The highest BCUT2D eigenvalue weighted by Crippen LogP contribution is 2.27. The quantitative estimate of drug-likeness (QED) is 0.623. The summed E-state index contributed by atoms with van der Waals surface area (Å²) in [5.74, 6) is 0.609. The van der Waals surface area contributed by atoms with E-state index in [1.807, 2.05) is 0 Å². The molecule has 0 spiro atoms. The number of nitrogen functional groups attached to an aromatic ring is 1. The zero-order chi connectivity index (χ0) is 9.14. The largest absolute Gasteiger partial charge is 0.497 e. The van der Waals surface area contributed by atoms with Gasteiger partial charge in [-0.2, -0.15) is 0 Å². The van der Waals surface area contributed by atoms with E-state index in [1.165, 1.54) is 7.11 Å². The first-order valence-corrected chi connectivity index (χ1v) is 4.06. The Kier molecular flexibility index (Phi) is 2.70. The smallest absolute Gasteiger partial charge is 0.152 e. The number of carbonyl (C=O) groups excluding carboxylic acids is 1. The van der Waals surface area contributed by atoms with Crippen LogP contribution < -0.4 is 10.5 Å². The van der Waals surface area contributed by atoms with E-state index in [4.69, 9.17) is 10.5 Å². The third-order valence-electron chi connectivity index (χ3n) is 1.50. The highest BCUT2D eigenvalue weighted by atomic mass is 79.9. The number of halogens is 1. The molecule has 0 saturated heterocycles. The van der Waals surface area contributed by atoms with E-state index in [-0.39, 0.29) is 0 Å². The van der Waals surface area contributed by atoms with Crippen molar-refractivity contribution >= 4 is 27.9 Å². The van der Waals surface area contributed by atoms with Crippen molar-refractivity contribution in [1.29, 1.82) is 0 Å². The fourth-order valence-electron chi connectivity index (χ4n) is 0.829. The molecule has 0 amide bonds. The van der Waals surface area contributed by atoms with Gasteiger partial charge in [0.1, 0.15) is 5.75 Å². The molecule has 0 aliphatic rings. The summed E-state index contributed by atoms with van der Waals surface area (Å²) in [6.07, 6.45) is 0.697. The van der Waals surface area contributed by atoms with Gasteiger partial charge in [0.15, 0.2) is 6.29 Å². The zero-order valence-electron chi connectivity index (χ0n) is 6.50. The van der Waals surface area contributed by atoms with Crippen molar-refractivity contribution in [3.05, 3.63) is 22.2 Å². The molecule has 0 saturated carbocycles. The van der Waals surface area contributed by atoms with Crippen LogP contribution >= 0.6 is 15.9 Å². The van der Waals surface area contributed by atoms with Gasteiger partial charge in [-0.1, -0.05) is 0 Å². The molecule has 0 aromatic heterocycles. The SMILES string of the molecule is COc1cc(Br)c(N)c(C=O)c1. The van der Waals surface area contributed by atoms with Crippen LogP contribution in [0.15, 0.2) is 16.6 Å². The molecule has 0 unspecified atom stereocenters. The van der Waals surface area contributed by atoms with E-state index in [1.54, 1.807) is 12.1 Å². The molecule has 1 rings (SSSR count). The molecule has 3 nitrogen and oxygen atoms in total. The van der Waals surface area contributed by atoms with Gasteiger partial charge in [-0.05, 0) is 28.1 Å². The number of hydrogen-bond donors (Lipinski definition) is 1. The summed E-state index contributed by atoms with van der Waals surface area (Å²) < 4.78 is 5.62. The fraction of sp³-hybridized carbons (Fsp3) is 0.125. The van der Waals surface area contributed by atoms with Crippen molar-refractivity contribution in [1.82, 2.24) is 0 Å². The molecular weight excluding hydrogens is 222 g/mol. The third-order valence-corrected chi connectivity index (χ3v) is 2.15. The molecule has 4 heteroatoms. The lowest BCUT2D eigenvalue weighted by atomic mass is 10.2.